The number of anilines is 2. The quantitative estimate of drug-likeness (QED) is 0.0490. The molecule has 1 fully saturated rings. The van der Waals surface area contributed by atoms with Gasteiger partial charge in [-0.2, -0.15) is 0 Å². The number of aliphatic hydroxyl groups is 3. The zero-order chi connectivity index (χ0) is 57.8. The molecular formula is C58H57N7O17. The van der Waals surface area contributed by atoms with Crippen LogP contribution in [-0.4, -0.2) is 156 Å². The number of benzene rings is 5. The van der Waals surface area contributed by atoms with Gasteiger partial charge in [-0.3, -0.25) is 29.7 Å². The Morgan fingerprint density at radius 1 is 0.659 bits per heavy atom. The number of hydrogen-bond donors (Lipinski definition) is 7. The highest BCUT2D eigenvalue weighted by Crippen LogP contribution is 2.43. The van der Waals surface area contributed by atoms with Crippen LogP contribution in [-0.2, 0) is 14.3 Å². The van der Waals surface area contributed by atoms with Crippen LogP contribution in [0, 0.1) is 0 Å². The van der Waals surface area contributed by atoms with Crippen molar-refractivity contribution in [2.75, 3.05) is 51.7 Å². The number of hydrogen-bond acceptors (Lipinski definition) is 19. The first-order chi connectivity index (χ1) is 39.6. The monoisotopic (exact) mass is 1120 g/mol. The van der Waals surface area contributed by atoms with Gasteiger partial charge in [0, 0.05) is 80.9 Å². The maximum atomic E-state index is 14.1. The highest BCUT2D eigenvalue weighted by atomic mass is 16.7. The van der Waals surface area contributed by atoms with Crippen molar-refractivity contribution in [1.29, 1.82) is 0 Å². The Labute approximate surface area is 468 Å². The molecule has 6 unspecified atom stereocenters. The molecule has 426 valence electrons. The highest BCUT2D eigenvalue weighted by Gasteiger charge is 2.48. The summed E-state index contributed by atoms with van der Waals surface area (Å²) in [6.07, 6.45) is -1.91. The second-order valence-electron chi connectivity index (χ2n) is 19.3. The summed E-state index contributed by atoms with van der Waals surface area (Å²) in [5.41, 5.74) is 11.0. The number of aliphatic carboxylic acids is 1. The van der Waals surface area contributed by atoms with E-state index in [-0.39, 0.29) is 61.2 Å². The molecule has 7 atom stereocenters. The minimum Gasteiger partial charge on any atom is -0.497 e. The Hall–Kier alpha value is -9.33. The number of nitrogens with two attached hydrogens (primary N) is 1. The zero-order valence-corrected chi connectivity index (χ0v) is 44.4. The molecule has 0 spiro atoms. The number of carbonyl (C=O) groups is 5. The molecule has 5 heterocycles. The van der Waals surface area contributed by atoms with Crippen LogP contribution in [0.4, 0.5) is 27.5 Å². The van der Waals surface area contributed by atoms with Gasteiger partial charge in [0.2, 0.25) is 12.2 Å². The third-order valence-corrected chi connectivity index (χ3v) is 14.1. The standard InChI is InChI=1S/C58H57N7O17/c1-75-37-11-7-31(8-12-37)33-20-36-27-61-42-25-48(46(77-3)23-40(42)55(71)65(36)29-33)79-18-4-17-78-47-24-41-39(22-45(47)76-2)54(70)64-28-32(19-35(64)26-60-41)30-5-9-34(10-6-30)62-58(74)80-38-13-14-44(43(21-38)63-49(66)15-16-59)81-57-52(69)50(67)51(68)53(82-57)56(72)73/h5-14,21-29,35-36,50-53,57,67-69H,4,15-20,59H2,1-3H3,(H,62,74)(H,63,66)(H,72,73)/t35?,36-,50?,51?,52?,53?,57?/m0/s1. The summed E-state index contributed by atoms with van der Waals surface area (Å²) >= 11 is 0. The molecule has 5 aliphatic rings. The van der Waals surface area contributed by atoms with E-state index in [1.165, 1.54) is 32.4 Å². The average Bonchev–Trinajstić information content (AvgIpc) is 4.25. The van der Waals surface area contributed by atoms with Gasteiger partial charge < -0.3 is 79.2 Å². The van der Waals surface area contributed by atoms with Crippen molar-refractivity contribution in [3.63, 3.8) is 0 Å². The summed E-state index contributed by atoms with van der Waals surface area (Å²) in [4.78, 5) is 78.0. The Kier molecular flexibility index (Phi) is 16.5. The van der Waals surface area contributed by atoms with E-state index in [4.69, 9.17) is 53.6 Å². The van der Waals surface area contributed by atoms with E-state index in [0.29, 0.717) is 70.4 Å². The van der Waals surface area contributed by atoms with Crippen molar-refractivity contribution in [1.82, 2.24) is 9.80 Å². The Morgan fingerprint density at radius 3 is 1.73 bits per heavy atom. The van der Waals surface area contributed by atoms with Crippen LogP contribution < -0.4 is 49.5 Å². The van der Waals surface area contributed by atoms with Crippen LogP contribution in [0.3, 0.4) is 0 Å². The lowest BCUT2D eigenvalue weighted by molar-refractivity contribution is -0.271. The summed E-state index contributed by atoms with van der Waals surface area (Å²) in [6.45, 7) is 0.449. The van der Waals surface area contributed by atoms with Gasteiger partial charge in [-0.15, -0.1) is 0 Å². The molecule has 0 saturated carbocycles. The molecule has 1 saturated heterocycles. The molecule has 10 rings (SSSR count). The summed E-state index contributed by atoms with van der Waals surface area (Å²) in [5, 5.41) is 45.4. The smallest absolute Gasteiger partial charge is 0.417 e. The second-order valence-corrected chi connectivity index (χ2v) is 19.3. The fourth-order valence-corrected chi connectivity index (χ4v) is 9.78. The lowest BCUT2D eigenvalue weighted by Crippen LogP contribution is -2.61. The number of methoxy groups -OCH3 is 3. The van der Waals surface area contributed by atoms with Crippen LogP contribution >= 0.6 is 0 Å². The van der Waals surface area contributed by atoms with Crippen molar-refractivity contribution in [2.45, 2.75) is 68.5 Å². The highest BCUT2D eigenvalue weighted by molar-refractivity contribution is 6.06. The number of aliphatic hydroxyl groups excluding tert-OH is 3. The molecule has 0 aliphatic carbocycles. The van der Waals surface area contributed by atoms with Gasteiger partial charge in [-0.1, -0.05) is 24.3 Å². The van der Waals surface area contributed by atoms with Crippen LogP contribution in [0.25, 0.3) is 11.1 Å². The van der Waals surface area contributed by atoms with E-state index in [2.05, 4.69) is 10.6 Å². The summed E-state index contributed by atoms with van der Waals surface area (Å²) in [5.74, 6) is -0.622. The number of nitrogens with one attached hydrogen (secondary N) is 2. The zero-order valence-electron chi connectivity index (χ0n) is 44.4. The van der Waals surface area contributed by atoms with Gasteiger partial charge in [0.05, 0.1) is 74.8 Å². The average molecular weight is 1120 g/mol. The van der Waals surface area contributed by atoms with Crippen LogP contribution in [0.1, 0.15) is 57.5 Å². The van der Waals surface area contributed by atoms with E-state index in [0.717, 1.165) is 28.0 Å². The minimum absolute atomic E-state index is 0.00705. The molecule has 0 radical (unpaired) electrons. The van der Waals surface area contributed by atoms with Gasteiger partial charge in [0.15, 0.2) is 29.1 Å². The van der Waals surface area contributed by atoms with Crippen molar-refractivity contribution in [2.24, 2.45) is 15.7 Å². The lowest BCUT2D eigenvalue weighted by Gasteiger charge is -2.38. The first-order valence-corrected chi connectivity index (χ1v) is 25.9. The van der Waals surface area contributed by atoms with Crippen molar-refractivity contribution < 1.29 is 82.3 Å². The molecule has 0 aromatic heterocycles. The molecule has 0 bridgehead atoms. The molecule has 24 nitrogen and oxygen atoms in total. The van der Waals surface area contributed by atoms with Gasteiger partial charge >= 0.3 is 12.1 Å². The number of carbonyl (C=O) groups excluding carboxylic acids is 4. The number of amides is 4. The second kappa shape index (κ2) is 24.2. The van der Waals surface area contributed by atoms with Crippen molar-refractivity contribution >= 4 is 76.1 Å². The van der Waals surface area contributed by atoms with Gasteiger partial charge in [0.1, 0.15) is 35.6 Å². The van der Waals surface area contributed by atoms with Crippen molar-refractivity contribution in [3.05, 3.63) is 126 Å². The largest absolute Gasteiger partial charge is 0.497 e. The molecule has 5 aliphatic heterocycles. The van der Waals surface area contributed by atoms with Gasteiger partial charge in [-0.25, -0.2) is 9.59 Å². The van der Waals surface area contributed by atoms with E-state index in [1.54, 1.807) is 84.1 Å². The Bertz CT molecular complexity index is 3420. The van der Waals surface area contributed by atoms with E-state index < -0.39 is 54.7 Å². The number of fused-ring (bicyclic) bond motifs is 4. The summed E-state index contributed by atoms with van der Waals surface area (Å²) in [6, 6.07) is 24.3. The molecular weight excluding hydrogens is 1070 g/mol. The number of rotatable bonds is 19. The van der Waals surface area contributed by atoms with E-state index >= 15 is 0 Å². The first kappa shape index (κ1) is 56.0. The van der Waals surface area contributed by atoms with Gasteiger partial charge in [0.25, 0.3) is 11.8 Å². The number of nitrogens with zero attached hydrogens (tertiary/aromatic N) is 4. The van der Waals surface area contributed by atoms with Crippen LogP contribution in [0.2, 0.25) is 0 Å². The van der Waals surface area contributed by atoms with Gasteiger partial charge in [-0.05, 0) is 70.8 Å². The fraction of sp³-hybridized carbons (Fsp3) is 0.293. The van der Waals surface area contributed by atoms with Crippen LogP contribution in [0.5, 0.6) is 40.2 Å². The Morgan fingerprint density at radius 2 is 1.21 bits per heavy atom. The predicted molar refractivity (Wildman–Crippen MR) is 296 cm³/mol. The number of carboxylic acids is 1. The summed E-state index contributed by atoms with van der Waals surface area (Å²) < 4.78 is 45.3. The van der Waals surface area contributed by atoms with E-state index in [9.17, 15) is 44.4 Å². The lowest BCUT2D eigenvalue weighted by atomic mass is 9.99. The minimum atomic E-state index is -1.96. The number of ether oxygens (including phenoxy) is 8. The molecule has 5 aromatic carbocycles. The van der Waals surface area contributed by atoms with Crippen LogP contribution in [0.15, 0.2) is 113 Å². The fourth-order valence-electron chi connectivity index (χ4n) is 9.78. The number of aliphatic imine (C=N–C) groups is 2. The third kappa shape index (κ3) is 11.8. The topological polar surface area (TPSA) is 321 Å². The first-order valence-electron chi connectivity index (χ1n) is 25.9. The van der Waals surface area contributed by atoms with E-state index in [1.807, 2.05) is 30.5 Å². The summed E-state index contributed by atoms with van der Waals surface area (Å²) in [7, 11) is 4.61. The molecule has 5 aromatic rings. The maximum Gasteiger partial charge on any atom is 0.417 e. The molecule has 24 heteroatoms. The third-order valence-electron chi connectivity index (χ3n) is 14.1. The number of carboxylic acid groups (broad SMARTS) is 1. The molecule has 4 amide bonds. The molecule has 82 heavy (non-hydrogen) atoms. The Balaban J connectivity index is 0.732. The SMILES string of the molecule is COc1ccc(C2=CN3C(=O)c4cc(OC)c(OCCCOc5cc6c(cc5OC)C(=O)N5C=C(c7ccc(NC(=O)Oc8ccc(OC9OC(C(=O)O)C(O)C(O)C9O)c(NC(=O)CCN)c8)cc7)CC5C=N6)cc4N=C[C@@H]3C2)cc1. The molecule has 8 N–H and O–H groups in total. The maximum absolute atomic E-state index is 14.1. The normalized spacial score (nSPS) is 21.3. The van der Waals surface area contributed by atoms with Crippen molar-refractivity contribution in [3.8, 4) is 40.2 Å². The predicted octanol–water partition coefficient (Wildman–Crippen LogP) is 5.67.